The number of hydrogen-bond donors (Lipinski definition) is 1. The number of aryl methyl sites for hydroxylation is 1. The molecule has 1 aromatic rings. The van der Waals surface area contributed by atoms with Crippen LogP contribution >= 0.6 is 0 Å². The normalized spacial score (nSPS) is 12.9. The average Bonchev–Trinajstić information content (AvgIpc) is 2.11. The van der Waals surface area contributed by atoms with Crippen LogP contribution in [-0.2, 0) is 6.42 Å². The van der Waals surface area contributed by atoms with Crippen molar-refractivity contribution in [1.82, 2.24) is 10.3 Å². The van der Waals surface area contributed by atoms with Gasteiger partial charge >= 0.3 is 0 Å². The lowest BCUT2D eigenvalue weighted by molar-refractivity contribution is 0.586. The molecule has 0 saturated heterocycles. The van der Waals surface area contributed by atoms with Crippen LogP contribution in [0.2, 0.25) is 0 Å². The summed E-state index contributed by atoms with van der Waals surface area (Å²) in [5.74, 6) is -0.235. The Kier molecular flexibility index (Phi) is 3.37. The minimum atomic E-state index is -0.235. The van der Waals surface area contributed by atoms with E-state index in [1.54, 1.807) is 13.0 Å². The van der Waals surface area contributed by atoms with Crippen LogP contribution in [-0.4, -0.2) is 18.1 Å². The van der Waals surface area contributed by atoms with E-state index in [9.17, 15) is 4.39 Å². The Bertz CT molecular complexity index is 286. The molecule has 1 rings (SSSR count). The lowest BCUT2D eigenvalue weighted by atomic mass is 10.1. The molecule has 1 aromatic heterocycles. The number of pyridine rings is 1. The smallest absolute Gasteiger partial charge is 0.144 e. The number of nitrogens with zero attached hydrogens (tertiary/aromatic N) is 1. The molecule has 13 heavy (non-hydrogen) atoms. The molecule has 0 unspecified atom stereocenters. The Morgan fingerprint density at radius 3 is 2.85 bits per heavy atom. The van der Waals surface area contributed by atoms with Gasteiger partial charge in [0.1, 0.15) is 5.82 Å². The zero-order valence-electron chi connectivity index (χ0n) is 8.26. The second-order valence-electron chi connectivity index (χ2n) is 3.32. The van der Waals surface area contributed by atoms with Gasteiger partial charge in [-0.1, -0.05) is 0 Å². The first-order valence-electron chi connectivity index (χ1n) is 4.41. The molecule has 0 amide bonds. The van der Waals surface area contributed by atoms with Gasteiger partial charge in [-0.05, 0) is 32.5 Å². The lowest BCUT2D eigenvalue weighted by Crippen LogP contribution is -2.24. The summed E-state index contributed by atoms with van der Waals surface area (Å²) in [6.45, 7) is 3.82. The molecular formula is C10H15FN2. The molecule has 3 heteroatoms. The Balaban J connectivity index is 2.73. The first-order chi connectivity index (χ1) is 6.13. The van der Waals surface area contributed by atoms with Crippen LogP contribution in [0.25, 0.3) is 0 Å². The quantitative estimate of drug-likeness (QED) is 0.769. The van der Waals surface area contributed by atoms with E-state index in [4.69, 9.17) is 0 Å². The van der Waals surface area contributed by atoms with Crippen molar-refractivity contribution in [2.24, 2.45) is 0 Å². The molecule has 0 aromatic carbocycles. The topological polar surface area (TPSA) is 24.9 Å². The molecule has 0 aliphatic heterocycles. The number of likely N-dealkylation sites (N-methyl/N-ethyl adjacent to an activating group) is 1. The van der Waals surface area contributed by atoms with Crippen molar-refractivity contribution >= 4 is 0 Å². The van der Waals surface area contributed by atoms with E-state index in [0.29, 0.717) is 11.6 Å². The molecule has 1 atom stereocenters. The Morgan fingerprint density at radius 2 is 2.31 bits per heavy atom. The van der Waals surface area contributed by atoms with E-state index in [2.05, 4.69) is 17.2 Å². The number of rotatable bonds is 3. The van der Waals surface area contributed by atoms with Gasteiger partial charge in [-0.3, -0.25) is 4.98 Å². The molecule has 0 fully saturated rings. The maximum atomic E-state index is 12.8. The van der Waals surface area contributed by atoms with E-state index >= 15 is 0 Å². The van der Waals surface area contributed by atoms with Crippen LogP contribution in [0.4, 0.5) is 4.39 Å². The molecule has 0 spiro atoms. The fraction of sp³-hybridized carbons (Fsp3) is 0.500. The Hall–Kier alpha value is -0.960. The molecule has 0 aliphatic carbocycles. The van der Waals surface area contributed by atoms with Gasteiger partial charge in [-0.25, -0.2) is 4.39 Å². The molecule has 0 saturated carbocycles. The van der Waals surface area contributed by atoms with Crippen LogP contribution < -0.4 is 5.32 Å². The van der Waals surface area contributed by atoms with Crippen molar-refractivity contribution < 1.29 is 4.39 Å². The van der Waals surface area contributed by atoms with E-state index in [1.807, 2.05) is 7.05 Å². The Labute approximate surface area is 78.2 Å². The monoisotopic (exact) mass is 182 g/mol. The van der Waals surface area contributed by atoms with Crippen molar-refractivity contribution in [3.8, 4) is 0 Å². The summed E-state index contributed by atoms with van der Waals surface area (Å²) in [5.41, 5.74) is 1.59. The fourth-order valence-corrected chi connectivity index (χ4v) is 1.12. The number of halogens is 1. The van der Waals surface area contributed by atoms with Crippen LogP contribution in [0, 0.1) is 12.7 Å². The molecule has 0 aliphatic rings. The van der Waals surface area contributed by atoms with Crippen molar-refractivity contribution in [1.29, 1.82) is 0 Å². The van der Waals surface area contributed by atoms with E-state index in [-0.39, 0.29) is 5.82 Å². The largest absolute Gasteiger partial charge is 0.317 e. The van der Waals surface area contributed by atoms with Gasteiger partial charge in [-0.2, -0.15) is 0 Å². The molecule has 2 nitrogen and oxygen atoms in total. The molecular weight excluding hydrogens is 167 g/mol. The second-order valence-corrected chi connectivity index (χ2v) is 3.32. The van der Waals surface area contributed by atoms with Gasteiger partial charge in [-0.15, -0.1) is 0 Å². The van der Waals surface area contributed by atoms with Crippen molar-refractivity contribution in [3.63, 3.8) is 0 Å². The fourth-order valence-electron chi connectivity index (χ4n) is 1.12. The highest BCUT2D eigenvalue weighted by molar-refractivity contribution is 5.17. The number of aromatic nitrogens is 1. The van der Waals surface area contributed by atoms with Crippen molar-refractivity contribution in [3.05, 3.63) is 29.3 Å². The lowest BCUT2D eigenvalue weighted by Gasteiger charge is -2.09. The van der Waals surface area contributed by atoms with Crippen molar-refractivity contribution in [2.45, 2.75) is 26.3 Å². The Morgan fingerprint density at radius 1 is 1.62 bits per heavy atom. The van der Waals surface area contributed by atoms with Gasteiger partial charge < -0.3 is 5.32 Å². The van der Waals surface area contributed by atoms with E-state index < -0.39 is 0 Å². The predicted octanol–water partition coefficient (Wildman–Crippen LogP) is 1.68. The maximum Gasteiger partial charge on any atom is 0.144 e. The van der Waals surface area contributed by atoms with Crippen LogP contribution in [0.5, 0.6) is 0 Å². The SMILES string of the molecule is CN[C@@H](C)Cc1cc(C)c(F)cn1. The van der Waals surface area contributed by atoms with Gasteiger partial charge in [0.15, 0.2) is 0 Å². The predicted molar refractivity (Wildman–Crippen MR) is 51.2 cm³/mol. The summed E-state index contributed by atoms with van der Waals surface area (Å²) in [6.07, 6.45) is 2.12. The van der Waals surface area contributed by atoms with E-state index in [0.717, 1.165) is 12.1 Å². The zero-order chi connectivity index (χ0) is 9.84. The summed E-state index contributed by atoms with van der Waals surface area (Å²) in [5, 5.41) is 3.11. The molecule has 1 heterocycles. The highest BCUT2D eigenvalue weighted by atomic mass is 19.1. The van der Waals surface area contributed by atoms with Crippen LogP contribution in [0.3, 0.4) is 0 Å². The summed E-state index contributed by atoms with van der Waals surface area (Å²) in [6, 6.07) is 2.17. The second kappa shape index (κ2) is 4.33. The average molecular weight is 182 g/mol. The van der Waals surface area contributed by atoms with Crippen molar-refractivity contribution in [2.75, 3.05) is 7.05 Å². The molecule has 72 valence electrons. The van der Waals surface area contributed by atoms with Gasteiger partial charge in [0.25, 0.3) is 0 Å². The van der Waals surface area contributed by atoms with Crippen LogP contribution in [0.15, 0.2) is 12.3 Å². The van der Waals surface area contributed by atoms with Gasteiger partial charge in [0.2, 0.25) is 0 Å². The molecule has 0 radical (unpaired) electrons. The number of nitrogens with one attached hydrogen (secondary N) is 1. The minimum absolute atomic E-state index is 0.235. The van der Waals surface area contributed by atoms with E-state index in [1.165, 1.54) is 6.20 Å². The third-order valence-corrected chi connectivity index (χ3v) is 2.11. The summed E-state index contributed by atoms with van der Waals surface area (Å²) in [4.78, 5) is 4.01. The third kappa shape index (κ3) is 2.77. The maximum absolute atomic E-state index is 12.8. The minimum Gasteiger partial charge on any atom is -0.317 e. The zero-order valence-corrected chi connectivity index (χ0v) is 8.26. The van der Waals surface area contributed by atoms with Gasteiger partial charge in [0.05, 0.1) is 6.20 Å². The summed E-state index contributed by atoms with van der Waals surface area (Å²) in [7, 11) is 1.90. The van der Waals surface area contributed by atoms with Crippen LogP contribution in [0.1, 0.15) is 18.2 Å². The van der Waals surface area contributed by atoms with Gasteiger partial charge in [0, 0.05) is 18.2 Å². The highest BCUT2D eigenvalue weighted by Gasteiger charge is 2.04. The summed E-state index contributed by atoms with van der Waals surface area (Å²) < 4.78 is 12.8. The molecule has 1 N–H and O–H groups in total. The first-order valence-corrected chi connectivity index (χ1v) is 4.41. The first kappa shape index (κ1) is 10.1. The number of hydrogen-bond acceptors (Lipinski definition) is 2. The highest BCUT2D eigenvalue weighted by Crippen LogP contribution is 2.07. The third-order valence-electron chi connectivity index (χ3n) is 2.11. The summed E-state index contributed by atoms with van der Waals surface area (Å²) >= 11 is 0. The molecule has 0 bridgehead atoms. The standard InChI is InChI=1S/C10H15FN2/c1-7-4-9(5-8(2)12-3)13-6-10(7)11/h4,6,8,12H,5H2,1-3H3/t8-/m0/s1.